The van der Waals surface area contributed by atoms with Gasteiger partial charge in [-0.15, -0.1) is 0 Å². The van der Waals surface area contributed by atoms with Crippen LogP contribution in [0.4, 0.5) is 15.8 Å². The number of aromatic nitrogens is 2. The number of carbonyl (C=O) groups excluding carboxylic acids is 2. The third kappa shape index (κ3) is 5.20. The van der Waals surface area contributed by atoms with Crippen LogP contribution in [0.15, 0.2) is 83.7 Å². The zero-order valence-electron chi connectivity index (χ0n) is 20.0. The summed E-state index contributed by atoms with van der Waals surface area (Å²) in [7, 11) is 1.74. The molecule has 4 rings (SSSR count). The first-order valence-electron chi connectivity index (χ1n) is 11.2. The smallest absolute Gasteiger partial charge is 0.295 e. The van der Waals surface area contributed by atoms with Gasteiger partial charge < -0.3 is 15.4 Å². The number of anilines is 2. The van der Waals surface area contributed by atoms with Crippen molar-refractivity contribution in [3.05, 3.63) is 106 Å². The number of halogens is 1. The Hall–Kier alpha value is -4.66. The number of nitrogens with one attached hydrogen (secondary N) is 2. The molecule has 0 aliphatic heterocycles. The van der Waals surface area contributed by atoms with Crippen molar-refractivity contribution in [1.29, 1.82) is 0 Å². The molecule has 1 unspecified atom stereocenters. The molecule has 1 atom stereocenters. The highest BCUT2D eigenvalue weighted by atomic mass is 19.1. The summed E-state index contributed by atoms with van der Waals surface area (Å²) < 4.78 is 21.8. The van der Waals surface area contributed by atoms with E-state index in [2.05, 4.69) is 10.6 Å². The van der Waals surface area contributed by atoms with Crippen LogP contribution in [-0.4, -0.2) is 27.3 Å². The molecule has 0 saturated heterocycles. The Morgan fingerprint density at radius 2 is 1.64 bits per heavy atom. The third-order valence-corrected chi connectivity index (χ3v) is 5.68. The normalized spacial score (nSPS) is 11.6. The second-order valence-electron chi connectivity index (χ2n) is 8.17. The average molecular weight is 489 g/mol. The van der Waals surface area contributed by atoms with Crippen LogP contribution in [0.3, 0.4) is 0 Å². The fourth-order valence-corrected chi connectivity index (χ4v) is 3.65. The van der Waals surface area contributed by atoms with Gasteiger partial charge in [-0.05, 0) is 68.4 Å². The van der Waals surface area contributed by atoms with Gasteiger partial charge in [0.05, 0.1) is 11.4 Å². The molecule has 0 aliphatic carbocycles. The molecule has 1 heterocycles. The Bertz CT molecular complexity index is 1460. The van der Waals surface area contributed by atoms with Crippen LogP contribution in [0.2, 0.25) is 0 Å². The molecule has 2 amide bonds. The molecule has 184 valence electrons. The molecule has 0 bridgehead atoms. The molecular weight excluding hydrogens is 463 g/mol. The molecular formula is C27H25FN4O4. The van der Waals surface area contributed by atoms with Gasteiger partial charge in [-0.25, -0.2) is 9.07 Å². The van der Waals surface area contributed by atoms with E-state index in [1.54, 1.807) is 55.9 Å². The summed E-state index contributed by atoms with van der Waals surface area (Å²) >= 11 is 0. The maximum Gasteiger partial charge on any atom is 0.295 e. The van der Waals surface area contributed by atoms with Crippen molar-refractivity contribution in [1.82, 2.24) is 9.36 Å². The fraction of sp³-hybridized carbons (Fsp3) is 0.148. The molecule has 4 aromatic rings. The Balaban J connectivity index is 1.48. The number of hydrogen-bond donors (Lipinski definition) is 2. The topological polar surface area (TPSA) is 94.4 Å². The molecule has 0 aliphatic rings. The first kappa shape index (κ1) is 24.5. The number of nitrogens with zero attached hydrogens (tertiary/aromatic N) is 2. The van der Waals surface area contributed by atoms with Gasteiger partial charge in [-0.3, -0.25) is 19.1 Å². The van der Waals surface area contributed by atoms with Gasteiger partial charge in [0.25, 0.3) is 17.4 Å². The second kappa shape index (κ2) is 10.3. The highest BCUT2D eigenvalue weighted by Gasteiger charge is 2.20. The molecule has 8 nitrogen and oxygen atoms in total. The summed E-state index contributed by atoms with van der Waals surface area (Å²) in [6.45, 7) is 3.31. The largest absolute Gasteiger partial charge is 0.481 e. The molecule has 2 N–H and O–H groups in total. The highest BCUT2D eigenvalue weighted by molar-refractivity contribution is 6.05. The number of amides is 2. The van der Waals surface area contributed by atoms with Gasteiger partial charge in [0.15, 0.2) is 6.10 Å². The molecule has 36 heavy (non-hydrogen) atoms. The maximum atomic E-state index is 13.1. The van der Waals surface area contributed by atoms with Crippen molar-refractivity contribution in [2.75, 3.05) is 10.6 Å². The van der Waals surface area contributed by atoms with Gasteiger partial charge in [-0.1, -0.05) is 24.3 Å². The first-order chi connectivity index (χ1) is 17.2. The fourth-order valence-electron chi connectivity index (χ4n) is 3.65. The van der Waals surface area contributed by atoms with E-state index in [-0.39, 0.29) is 16.8 Å². The Kier molecular flexibility index (Phi) is 7.00. The standard InChI is InChI=1S/C27H25FN4O4/c1-17-24(27(35)32(31(17)3)22-10-5-4-6-11-22)30-26(34)19-8-7-9-21(16-19)29-25(33)18(2)36-23-14-12-20(28)13-15-23/h4-16,18H,1-3H3,(H,29,33)(H,30,34). The highest BCUT2D eigenvalue weighted by Crippen LogP contribution is 2.18. The van der Waals surface area contributed by atoms with Gasteiger partial charge in [0, 0.05) is 18.3 Å². The van der Waals surface area contributed by atoms with Crippen molar-refractivity contribution in [3.8, 4) is 11.4 Å². The van der Waals surface area contributed by atoms with Crippen molar-refractivity contribution >= 4 is 23.2 Å². The Morgan fingerprint density at radius 3 is 2.33 bits per heavy atom. The summed E-state index contributed by atoms with van der Waals surface area (Å²) in [5.41, 5.74) is 1.72. The molecule has 1 aromatic heterocycles. The number of para-hydroxylation sites is 1. The Labute approximate surface area is 206 Å². The van der Waals surface area contributed by atoms with Crippen LogP contribution >= 0.6 is 0 Å². The van der Waals surface area contributed by atoms with E-state index in [1.165, 1.54) is 35.0 Å². The summed E-state index contributed by atoms with van der Waals surface area (Å²) in [5.74, 6) is -0.986. The number of hydrogen-bond acceptors (Lipinski definition) is 4. The lowest BCUT2D eigenvalue weighted by atomic mass is 10.1. The SMILES string of the molecule is Cc1c(NC(=O)c2cccc(NC(=O)C(C)Oc3ccc(F)cc3)c2)c(=O)n(-c2ccccc2)n1C. The van der Waals surface area contributed by atoms with E-state index < -0.39 is 23.7 Å². The van der Waals surface area contributed by atoms with Gasteiger partial charge in [0.1, 0.15) is 17.3 Å². The molecule has 9 heteroatoms. The third-order valence-electron chi connectivity index (χ3n) is 5.68. The number of carbonyl (C=O) groups is 2. The zero-order valence-corrected chi connectivity index (χ0v) is 20.0. The molecule has 0 spiro atoms. The van der Waals surface area contributed by atoms with E-state index in [0.29, 0.717) is 22.8 Å². The van der Waals surface area contributed by atoms with Crippen LogP contribution in [0.1, 0.15) is 23.0 Å². The minimum absolute atomic E-state index is 0.169. The van der Waals surface area contributed by atoms with E-state index in [0.717, 1.165) is 0 Å². The second-order valence-corrected chi connectivity index (χ2v) is 8.17. The Morgan fingerprint density at radius 1 is 0.944 bits per heavy atom. The maximum absolute atomic E-state index is 13.1. The minimum Gasteiger partial charge on any atom is -0.481 e. The summed E-state index contributed by atoms with van der Waals surface area (Å²) in [5, 5.41) is 5.41. The average Bonchev–Trinajstić information content (AvgIpc) is 3.09. The lowest BCUT2D eigenvalue weighted by Gasteiger charge is -2.15. The van der Waals surface area contributed by atoms with Gasteiger partial charge in [-0.2, -0.15) is 0 Å². The van der Waals surface area contributed by atoms with Crippen molar-refractivity contribution in [2.24, 2.45) is 7.05 Å². The molecule has 0 radical (unpaired) electrons. The van der Waals surface area contributed by atoms with Gasteiger partial charge >= 0.3 is 0 Å². The van der Waals surface area contributed by atoms with Crippen LogP contribution in [0.25, 0.3) is 5.69 Å². The summed E-state index contributed by atoms with van der Waals surface area (Å²) in [6.07, 6.45) is -0.864. The van der Waals surface area contributed by atoms with E-state index in [1.807, 2.05) is 18.2 Å². The number of benzene rings is 3. The zero-order chi connectivity index (χ0) is 25.8. The lowest BCUT2D eigenvalue weighted by molar-refractivity contribution is -0.122. The molecule has 0 fully saturated rings. The summed E-state index contributed by atoms with van der Waals surface area (Å²) in [4.78, 5) is 38.6. The minimum atomic E-state index is -0.864. The predicted molar refractivity (Wildman–Crippen MR) is 135 cm³/mol. The number of rotatable bonds is 7. The van der Waals surface area contributed by atoms with Crippen LogP contribution < -0.4 is 20.9 Å². The van der Waals surface area contributed by atoms with E-state index in [4.69, 9.17) is 4.74 Å². The summed E-state index contributed by atoms with van der Waals surface area (Å²) in [6, 6.07) is 20.8. The molecule has 3 aromatic carbocycles. The van der Waals surface area contributed by atoms with Gasteiger partial charge in [0.2, 0.25) is 0 Å². The van der Waals surface area contributed by atoms with Crippen LogP contribution in [0.5, 0.6) is 5.75 Å². The lowest BCUT2D eigenvalue weighted by Crippen LogP contribution is -2.30. The predicted octanol–water partition coefficient (Wildman–Crippen LogP) is 4.28. The van der Waals surface area contributed by atoms with E-state index >= 15 is 0 Å². The number of ether oxygens (including phenoxy) is 1. The van der Waals surface area contributed by atoms with Crippen molar-refractivity contribution in [3.63, 3.8) is 0 Å². The van der Waals surface area contributed by atoms with Crippen LogP contribution in [0, 0.1) is 12.7 Å². The first-order valence-corrected chi connectivity index (χ1v) is 11.2. The van der Waals surface area contributed by atoms with Crippen molar-refractivity contribution in [2.45, 2.75) is 20.0 Å². The van der Waals surface area contributed by atoms with Crippen LogP contribution in [-0.2, 0) is 11.8 Å². The quantitative estimate of drug-likeness (QED) is 0.406. The van der Waals surface area contributed by atoms with Crippen molar-refractivity contribution < 1.29 is 18.7 Å². The van der Waals surface area contributed by atoms with E-state index in [9.17, 15) is 18.8 Å². The monoisotopic (exact) mass is 488 g/mol. The molecule has 0 saturated carbocycles.